The van der Waals surface area contributed by atoms with Crippen molar-refractivity contribution in [1.29, 1.82) is 0 Å². The van der Waals surface area contributed by atoms with Gasteiger partial charge in [-0.05, 0) is 17.7 Å². The van der Waals surface area contributed by atoms with Gasteiger partial charge in [0.15, 0.2) is 0 Å². The van der Waals surface area contributed by atoms with Gasteiger partial charge >= 0.3 is 17.7 Å². The second-order valence-electron chi connectivity index (χ2n) is 5.65. The van der Waals surface area contributed by atoms with E-state index in [-0.39, 0.29) is 11.8 Å². The third kappa shape index (κ3) is 3.39. The number of benzene rings is 2. The van der Waals surface area contributed by atoms with Crippen LogP contribution in [0.25, 0.3) is 10.9 Å². The molecule has 26 heavy (non-hydrogen) atoms. The van der Waals surface area contributed by atoms with E-state index in [9.17, 15) is 24.3 Å². The zero-order chi connectivity index (χ0) is 18.7. The molecule has 8 nitrogen and oxygen atoms in total. The van der Waals surface area contributed by atoms with Gasteiger partial charge in [0.2, 0.25) is 0 Å². The standard InChI is InChI=1S/C18H15N3O5/c22-15-12-8-4-5-9-13(12)19-17(25)21(15)18(26)20-14(16(23)24)10-11-6-2-1-3-7-11/h1-9,14H,10H2,(H,19,25)(H,20,26)(H,23,24)/t14-/m1/s1. The Morgan fingerprint density at radius 2 is 1.69 bits per heavy atom. The van der Waals surface area contributed by atoms with Gasteiger partial charge in [0, 0.05) is 6.42 Å². The van der Waals surface area contributed by atoms with Gasteiger partial charge in [-0.15, -0.1) is 0 Å². The molecule has 0 fully saturated rings. The lowest BCUT2D eigenvalue weighted by atomic mass is 10.1. The van der Waals surface area contributed by atoms with Crippen molar-refractivity contribution < 1.29 is 14.7 Å². The molecule has 0 saturated carbocycles. The molecule has 0 saturated heterocycles. The molecule has 3 rings (SSSR count). The number of carbonyl (C=O) groups excluding carboxylic acids is 1. The van der Waals surface area contributed by atoms with Gasteiger partial charge in [0.1, 0.15) is 6.04 Å². The van der Waals surface area contributed by atoms with E-state index in [4.69, 9.17) is 0 Å². The maximum atomic E-state index is 12.4. The number of fused-ring (bicyclic) bond motifs is 1. The number of H-pyrrole nitrogens is 1. The number of aliphatic carboxylic acids is 1. The molecule has 0 bridgehead atoms. The van der Waals surface area contributed by atoms with Crippen molar-refractivity contribution in [3.8, 4) is 0 Å². The molecule has 1 amide bonds. The number of amides is 1. The Morgan fingerprint density at radius 1 is 1.04 bits per heavy atom. The van der Waals surface area contributed by atoms with Gasteiger partial charge in [-0.1, -0.05) is 42.5 Å². The normalized spacial score (nSPS) is 11.8. The predicted molar refractivity (Wildman–Crippen MR) is 94.3 cm³/mol. The Kier molecular flexibility index (Phi) is 4.66. The van der Waals surface area contributed by atoms with E-state index >= 15 is 0 Å². The third-order valence-electron chi connectivity index (χ3n) is 3.89. The molecule has 3 N–H and O–H groups in total. The van der Waals surface area contributed by atoms with Crippen LogP contribution in [0.15, 0.2) is 64.2 Å². The highest BCUT2D eigenvalue weighted by atomic mass is 16.4. The number of rotatable bonds is 4. The van der Waals surface area contributed by atoms with E-state index in [0.29, 0.717) is 15.6 Å². The van der Waals surface area contributed by atoms with Gasteiger partial charge < -0.3 is 15.4 Å². The average molecular weight is 353 g/mol. The molecule has 0 unspecified atom stereocenters. The summed E-state index contributed by atoms with van der Waals surface area (Å²) < 4.78 is 0.364. The maximum Gasteiger partial charge on any atom is 0.337 e. The molecule has 1 aromatic heterocycles. The lowest BCUT2D eigenvalue weighted by Gasteiger charge is -2.15. The number of para-hydroxylation sites is 1. The number of hydrogen-bond donors (Lipinski definition) is 3. The quantitative estimate of drug-likeness (QED) is 0.645. The first-order valence-corrected chi connectivity index (χ1v) is 7.79. The molecule has 0 aliphatic heterocycles. The van der Waals surface area contributed by atoms with Crippen molar-refractivity contribution in [3.63, 3.8) is 0 Å². The van der Waals surface area contributed by atoms with E-state index in [2.05, 4.69) is 10.3 Å². The molecule has 0 spiro atoms. The van der Waals surface area contributed by atoms with Crippen LogP contribution in [-0.2, 0) is 11.2 Å². The summed E-state index contributed by atoms with van der Waals surface area (Å²) in [5.74, 6) is -1.27. The second-order valence-corrected chi connectivity index (χ2v) is 5.65. The monoisotopic (exact) mass is 353 g/mol. The zero-order valence-electron chi connectivity index (χ0n) is 13.5. The molecule has 3 aromatic rings. The zero-order valence-corrected chi connectivity index (χ0v) is 13.5. The summed E-state index contributed by atoms with van der Waals surface area (Å²) in [5.41, 5.74) is -0.758. The van der Waals surface area contributed by atoms with Crippen molar-refractivity contribution in [2.24, 2.45) is 0 Å². The molecule has 132 valence electrons. The molecule has 2 aromatic carbocycles. The van der Waals surface area contributed by atoms with Gasteiger partial charge in [-0.25, -0.2) is 14.4 Å². The minimum Gasteiger partial charge on any atom is -0.480 e. The smallest absolute Gasteiger partial charge is 0.337 e. The summed E-state index contributed by atoms with van der Waals surface area (Å²) in [6, 6.07) is 12.6. The first-order chi connectivity index (χ1) is 12.5. The molecule has 1 heterocycles. The first kappa shape index (κ1) is 17.2. The minimum atomic E-state index is -1.29. The number of hydrogen-bond acceptors (Lipinski definition) is 4. The van der Waals surface area contributed by atoms with Gasteiger partial charge in [0.25, 0.3) is 5.56 Å². The maximum absolute atomic E-state index is 12.4. The van der Waals surface area contributed by atoms with Crippen LogP contribution >= 0.6 is 0 Å². The van der Waals surface area contributed by atoms with Crippen LogP contribution in [-0.4, -0.2) is 32.7 Å². The van der Waals surface area contributed by atoms with Crippen LogP contribution in [0.3, 0.4) is 0 Å². The van der Waals surface area contributed by atoms with Crippen LogP contribution in [0, 0.1) is 0 Å². The molecule has 8 heteroatoms. The Bertz CT molecular complexity index is 1090. The summed E-state index contributed by atoms with van der Waals surface area (Å²) in [7, 11) is 0. The van der Waals surface area contributed by atoms with Crippen LogP contribution in [0.2, 0.25) is 0 Å². The molecular weight excluding hydrogens is 338 g/mol. The number of carboxylic acid groups (broad SMARTS) is 1. The van der Waals surface area contributed by atoms with E-state index in [1.807, 2.05) is 0 Å². The van der Waals surface area contributed by atoms with Crippen molar-refractivity contribution in [1.82, 2.24) is 14.9 Å². The highest BCUT2D eigenvalue weighted by Crippen LogP contribution is 2.05. The summed E-state index contributed by atoms with van der Waals surface area (Å²) in [6.07, 6.45) is 0.0160. The Hall–Kier alpha value is -3.68. The molecular formula is C18H15N3O5. The van der Waals surface area contributed by atoms with E-state index in [0.717, 1.165) is 0 Å². The van der Waals surface area contributed by atoms with E-state index < -0.39 is 29.3 Å². The lowest BCUT2D eigenvalue weighted by Crippen LogP contribution is -2.51. The topological polar surface area (TPSA) is 121 Å². The number of carbonyl (C=O) groups is 2. The van der Waals surface area contributed by atoms with Crippen LogP contribution in [0.5, 0.6) is 0 Å². The summed E-state index contributed by atoms with van der Waals surface area (Å²) in [5, 5.41) is 11.7. The Balaban J connectivity index is 1.93. The molecule has 0 aliphatic carbocycles. The highest BCUT2D eigenvalue weighted by Gasteiger charge is 2.23. The largest absolute Gasteiger partial charge is 0.480 e. The Labute approximate surface area is 146 Å². The van der Waals surface area contributed by atoms with Crippen LogP contribution < -0.4 is 16.6 Å². The average Bonchev–Trinajstić information content (AvgIpc) is 2.62. The summed E-state index contributed by atoms with van der Waals surface area (Å²) >= 11 is 0. The lowest BCUT2D eigenvalue weighted by molar-refractivity contribution is -0.139. The fourth-order valence-electron chi connectivity index (χ4n) is 2.61. The highest BCUT2D eigenvalue weighted by molar-refractivity contribution is 5.86. The van der Waals surface area contributed by atoms with Crippen LogP contribution in [0.1, 0.15) is 5.56 Å². The van der Waals surface area contributed by atoms with Gasteiger partial charge in [-0.3, -0.25) is 4.79 Å². The number of carboxylic acids is 1. The molecule has 0 radical (unpaired) electrons. The fraction of sp³-hybridized carbons (Fsp3) is 0.111. The fourth-order valence-corrected chi connectivity index (χ4v) is 2.61. The third-order valence-corrected chi connectivity index (χ3v) is 3.89. The predicted octanol–water partition coefficient (Wildman–Crippen LogP) is 0.943. The minimum absolute atomic E-state index is 0.0160. The van der Waals surface area contributed by atoms with Crippen LogP contribution in [0.4, 0.5) is 4.79 Å². The first-order valence-electron chi connectivity index (χ1n) is 7.79. The van der Waals surface area contributed by atoms with E-state index in [1.54, 1.807) is 42.5 Å². The van der Waals surface area contributed by atoms with E-state index in [1.165, 1.54) is 12.1 Å². The molecule has 0 aliphatic rings. The van der Waals surface area contributed by atoms with Crippen molar-refractivity contribution in [2.75, 3.05) is 0 Å². The molecule has 1 atom stereocenters. The summed E-state index contributed by atoms with van der Waals surface area (Å²) in [4.78, 5) is 50.8. The van der Waals surface area contributed by atoms with Crippen molar-refractivity contribution in [2.45, 2.75) is 12.5 Å². The van der Waals surface area contributed by atoms with Gasteiger partial charge in [-0.2, -0.15) is 4.57 Å². The number of nitrogens with one attached hydrogen (secondary N) is 2. The Morgan fingerprint density at radius 3 is 2.38 bits per heavy atom. The van der Waals surface area contributed by atoms with Crippen molar-refractivity contribution in [3.05, 3.63) is 81.0 Å². The van der Waals surface area contributed by atoms with Gasteiger partial charge in [0.05, 0.1) is 10.9 Å². The second kappa shape index (κ2) is 7.06. The SMILES string of the molecule is O=C(O)[C@@H](Cc1ccccc1)NC(=O)n1c(=O)[nH]c2ccccc2c1=O. The number of aromatic nitrogens is 2. The number of aromatic amines is 1. The summed E-state index contributed by atoms with van der Waals surface area (Å²) in [6.45, 7) is 0. The van der Waals surface area contributed by atoms with Crippen molar-refractivity contribution >= 4 is 22.9 Å². The number of nitrogens with zero attached hydrogens (tertiary/aromatic N) is 1.